The Labute approximate surface area is 74.0 Å². The fourth-order valence-corrected chi connectivity index (χ4v) is 0.665. The molecule has 0 aromatic heterocycles. The van der Waals surface area contributed by atoms with Crippen molar-refractivity contribution in [2.75, 3.05) is 0 Å². The number of hydrogen-bond acceptors (Lipinski definition) is 3. The van der Waals surface area contributed by atoms with Crippen LogP contribution in [0.5, 0.6) is 0 Å². The zero-order chi connectivity index (χ0) is 9.78. The summed E-state index contributed by atoms with van der Waals surface area (Å²) in [4.78, 5) is 20.7. The number of rotatable bonds is 4. The lowest BCUT2D eigenvalue weighted by atomic mass is 10.2. The summed E-state index contributed by atoms with van der Waals surface area (Å²) < 4.78 is 0. The average Bonchev–Trinajstić information content (AvgIpc) is 1.80. The van der Waals surface area contributed by atoms with E-state index in [0.29, 0.717) is 6.42 Å². The van der Waals surface area contributed by atoms with Crippen LogP contribution in [-0.4, -0.2) is 17.5 Å². The van der Waals surface area contributed by atoms with Crippen molar-refractivity contribution in [3.05, 3.63) is 0 Å². The Morgan fingerprint density at radius 2 is 1.92 bits per heavy atom. The van der Waals surface area contributed by atoms with E-state index in [1.165, 1.54) is 6.92 Å². The first kappa shape index (κ1) is 11.6. The van der Waals surface area contributed by atoms with Crippen LogP contribution in [0.15, 0.2) is 0 Å². The quantitative estimate of drug-likeness (QED) is 0.483. The fraction of sp³-hybridized carbons (Fsp3) is 0.889. The van der Waals surface area contributed by atoms with E-state index in [1.54, 1.807) is 0 Å². The lowest BCUT2D eigenvalue weighted by Gasteiger charge is -2.20. The second-order valence-electron chi connectivity index (χ2n) is 4.01. The predicted molar refractivity (Wildman–Crippen MR) is 46.7 cm³/mol. The highest BCUT2D eigenvalue weighted by atomic mass is 17.2. The number of carbonyl (C=O) groups excluding carboxylic acids is 1. The molecule has 0 aliphatic rings. The molecule has 0 rings (SSSR count). The summed E-state index contributed by atoms with van der Waals surface area (Å²) in [6.07, 6.45) is 0.234. The van der Waals surface area contributed by atoms with Crippen molar-refractivity contribution in [3.8, 4) is 0 Å². The average molecular weight is 174 g/mol. The molecule has 0 aromatic rings. The maximum absolute atomic E-state index is 10.6. The minimum absolute atomic E-state index is 0.111. The third-order valence-corrected chi connectivity index (χ3v) is 1.04. The molecule has 0 saturated heterocycles. The number of Topliss-reactive ketones (excluding diaryl/α,β-unsaturated/α-hetero) is 1. The van der Waals surface area contributed by atoms with E-state index < -0.39 is 0 Å². The minimum Gasteiger partial charge on any atom is -0.300 e. The van der Waals surface area contributed by atoms with E-state index in [2.05, 4.69) is 0 Å². The molecule has 0 N–H and O–H groups in total. The maximum atomic E-state index is 10.6. The minimum atomic E-state index is -0.314. The largest absolute Gasteiger partial charge is 0.300 e. The van der Waals surface area contributed by atoms with Gasteiger partial charge in [0.1, 0.15) is 5.78 Å². The Bertz CT molecular complexity index is 146. The summed E-state index contributed by atoms with van der Waals surface area (Å²) in [6, 6.07) is 0. The molecule has 72 valence electrons. The number of hydrogen-bond donors (Lipinski definition) is 0. The van der Waals surface area contributed by atoms with Crippen molar-refractivity contribution in [1.29, 1.82) is 0 Å². The Balaban J connectivity index is 3.57. The monoisotopic (exact) mass is 174 g/mol. The third kappa shape index (κ3) is 7.69. The van der Waals surface area contributed by atoms with Gasteiger partial charge < -0.3 is 0 Å². The summed E-state index contributed by atoms with van der Waals surface area (Å²) in [5, 5.41) is 0. The molecule has 0 aliphatic carbocycles. The summed E-state index contributed by atoms with van der Waals surface area (Å²) in [5.74, 6) is 0.111. The van der Waals surface area contributed by atoms with Crippen molar-refractivity contribution >= 4 is 5.78 Å². The van der Waals surface area contributed by atoms with Gasteiger partial charge in [-0.1, -0.05) is 0 Å². The first-order chi connectivity index (χ1) is 5.31. The van der Waals surface area contributed by atoms with Crippen molar-refractivity contribution in [2.45, 2.75) is 52.7 Å². The molecule has 3 heteroatoms. The Morgan fingerprint density at radius 3 is 2.25 bits per heavy atom. The highest BCUT2D eigenvalue weighted by Gasteiger charge is 2.14. The van der Waals surface area contributed by atoms with Gasteiger partial charge in [0.25, 0.3) is 0 Å². The lowest BCUT2D eigenvalue weighted by molar-refractivity contribution is -0.369. The molecule has 0 amide bonds. The van der Waals surface area contributed by atoms with Gasteiger partial charge in [0.05, 0.1) is 11.7 Å². The molecule has 3 nitrogen and oxygen atoms in total. The molecule has 0 heterocycles. The smallest absolute Gasteiger partial charge is 0.132 e. The van der Waals surface area contributed by atoms with Gasteiger partial charge in [0.2, 0.25) is 0 Å². The SMILES string of the molecule is CC(=O)C[C@@H](C)OOC(C)(C)C. The van der Waals surface area contributed by atoms with Gasteiger partial charge in [-0.2, -0.15) is 0 Å². The van der Waals surface area contributed by atoms with E-state index in [9.17, 15) is 4.79 Å². The number of ketones is 1. The first-order valence-electron chi connectivity index (χ1n) is 4.15. The second kappa shape index (κ2) is 4.58. The van der Waals surface area contributed by atoms with Crippen molar-refractivity contribution in [3.63, 3.8) is 0 Å². The fourth-order valence-electron chi connectivity index (χ4n) is 0.665. The van der Waals surface area contributed by atoms with Gasteiger partial charge in [0.15, 0.2) is 0 Å². The van der Waals surface area contributed by atoms with Crippen LogP contribution in [0.2, 0.25) is 0 Å². The molecule has 0 spiro atoms. The summed E-state index contributed by atoms with van der Waals surface area (Å²) in [6.45, 7) is 9.04. The molecule has 1 atom stereocenters. The highest BCUT2D eigenvalue weighted by Crippen LogP contribution is 2.10. The maximum Gasteiger partial charge on any atom is 0.132 e. The van der Waals surface area contributed by atoms with Crippen molar-refractivity contribution in [2.24, 2.45) is 0 Å². The third-order valence-electron chi connectivity index (χ3n) is 1.04. The molecule has 0 saturated carbocycles. The molecule has 0 bridgehead atoms. The molecule has 0 unspecified atom stereocenters. The van der Waals surface area contributed by atoms with Gasteiger partial charge in [-0.05, 0) is 34.6 Å². The van der Waals surface area contributed by atoms with Crippen LogP contribution in [0.25, 0.3) is 0 Å². The molecule has 12 heavy (non-hydrogen) atoms. The van der Waals surface area contributed by atoms with E-state index in [4.69, 9.17) is 9.78 Å². The van der Waals surface area contributed by atoms with Crippen LogP contribution in [0, 0.1) is 0 Å². The standard InChI is InChI=1S/C9H18O3/c1-7(10)6-8(2)11-12-9(3,4)5/h8H,6H2,1-5H3/t8-/m1/s1. The van der Waals surface area contributed by atoms with Crippen LogP contribution >= 0.6 is 0 Å². The van der Waals surface area contributed by atoms with Gasteiger partial charge in [-0.3, -0.25) is 4.79 Å². The normalized spacial score (nSPS) is 14.4. The Kier molecular flexibility index (Phi) is 4.42. The van der Waals surface area contributed by atoms with Crippen molar-refractivity contribution in [1.82, 2.24) is 0 Å². The van der Waals surface area contributed by atoms with Crippen molar-refractivity contribution < 1.29 is 14.6 Å². The Morgan fingerprint density at radius 1 is 1.42 bits per heavy atom. The highest BCUT2D eigenvalue weighted by molar-refractivity contribution is 5.75. The zero-order valence-electron chi connectivity index (χ0n) is 8.51. The molecular weight excluding hydrogens is 156 g/mol. The van der Waals surface area contributed by atoms with E-state index in [1.807, 2.05) is 27.7 Å². The lowest BCUT2D eigenvalue weighted by Crippen LogP contribution is -2.23. The number of carbonyl (C=O) groups is 1. The van der Waals surface area contributed by atoms with E-state index in [0.717, 1.165) is 0 Å². The molecular formula is C9H18O3. The topological polar surface area (TPSA) is 35.5 Å². The van der Waals surface area contributed by atoms with Gasteiger partial charge in [-0.25, -0.2) is 9.78 Å². The van der Waals surface area contributed by atoms with Crippen LogP contribution < -0.4 is 0 Å². The molecule has 0 aliphatic heterocycles. The van der Waals surface area contributed by atoms with Crippen LogP contribution in [0.4, 0.5) is 0 Å². The molecule has 0 aromatic carbocycles. The van der Waals surface area contributed by atoms with E-state index >= 15 is 0 Å². The Hall–Kier alpha value is -0.410. The summed E-state index contributed by atoms with van der Waals surface area (Å²) in [5.41, 5.74) is -0.314. The second-order valence-corrected chi connectivity index (χ2v) is 4.01. The van der Waals surface area contributed by atoms with Gasteiger partial charge in [0, 0.05) is 6.42 Å². The van der Waals surface area contributed by atoms with Gasteiger partial charge >= 0.3 is 0 Å². The van der Waals surface area contributed by atoms with Crippen LogP contribution in [0.1, 0.15) is 41.0 Å². The predicted octanol–water partition coefficient (Wildman–Crippen LogP) is 2.10. The summed E-state index contributed by atoms with van der Waals surface area (Å²) >= 11 is 0. The molecule has 0 radical (unpaired) electrons. The van der Waals surface area contributed by atoms with E-state index in [-0.39, 0.29) is 17.5 Å². The van der Waals surface area contributed by atoms with Crippen LogP contribution in [-0.2, 0) is 14.6 Å². The molecule has 0 fully saturated rings. The first-order valence-corrected chi connectivity index (χ1v) is 4.15. The zero-order valence-corrected chi connectivity index (χ0v) is 8.51. The van der Waals surface area contributed by atoms with Gasteiger partial charge in [-0.15, -0.1) is 0 Å². The van der Waals surface area contributed by atoms with Crippen LogP contribution in [0.3, 0.4) is 0 Å². The summed E-state index contributed by atoms with van der Waals surface area (Å²) in [7, 11) is 0.